The van der Waals surface area contributed by atoms with Gasteiger partial charge in [0.25, 0.3) is 0 Å². The largest absolute Gasteiger partial charge is 0.381 e. The number of aromatic amines is 1. The van der Waals surface area contributed by atoms with E-state index < -0.39 is 0 Å². The number of H-pyrrole nitrogens is 1. The van der Waals surface area contributed by atoms with E-state index in [0.29, 0.717) is 0 Å². The molecule has 0 aliphatic rings. The number of aromatic nitrogens is 2. The molecular weight excluding hydrogens is 290 g/mol. The SMILES string of the molecule is Brc1cc(CNc2ccccc2)c2[nH]ncc2c1. The number of rotatable bonds is 3. The lowest BCUT2D eigenvalue weighted by Crippen LogP contribution is -2.00. The number of nitrogens with zero attached hydrogens (tertiary/aromatic N) is 1. The minimum Gasteiger partial charge on any atom is -0.381 e. The van der Waals surface area contributed by atoms with Gasteiger partial charge in [-0.3, -0.25) is 5.10 Å². The van der Waals surface area contributed by atoms with E-state index in [1.165, 1.54) is 5.56 Å². The molecule has 0 bridgehead atoms. The van der Waals surface area contributed by atoms with E-state index in [-0.39, 0.29) is 0 Å². The van der Waals surface area contributed by atoms with Gasteiger partial charge in [0.05, 0.1) is 11.7 Å². The Morgan fingerprint density at radius 1 is 1.17 bits per heavy atom. The molecule has 1 heterocycles. The Morgan fingerprint density at radius 2 is 2.00 bits per heavy atom. The van der Waals surface area contributed by atoms with Crippen molar-refractivity contribution in [3.05, 3.63) is 58.7 Å². The minimum atomic E-state index is 0.766. The Balaban J connectivity index is 1.88. The molecule has 0 unspecified atom stereocenters. The maximum absolute atomic E-state index is 4.08. The lowest BCUT2D eigenvalue weighted by atomic mass is 10.1. The van der Waals surface area contributed by atoms with Crippen molar-refractivity contribution in [2.45, 2.75) is 6.54 Å². The normalized spacial score (nSPS) is 10.7. The van der Waals surface area contributed by atoms with Crippen molar-refractivity contribution < 1.29 is 0 Å². The molecule has 0 saturated heterocycles. The molecule has 90 valence electrons. The standard InChI is InChI=1S/C14H12BrN3/c15-12-6-10(14-11(7-12)9-17-18-14)8-16-13-4-2-1-3-5-13/h1-7,9,16H,8H2,(H,17,18). The average molecular weight is 302 g/mol. The summed E-state index contributed by atoms with van der Waals surface area (Å²) in [4.78, 5) is 0. The summed E-state index contributed by atoms with van der Waals surface area (Å²) < 4.78 is 1.07. The van der Waals surface area contributed by atoms with Gasteiger partial charge >= 0.3 is 0 Å². The van der Waals surface area contributed by atoms with Gasteiger partial charge in [-0.25, -0.2) is 0 Å². The minimum absolute atomic E-state index is 0.766. The smallest absolute Gasteiger partial charge is 0.0700 e. The summed E-state index contributed by atoms with van der Waals surface area (Å²) in [5.74, 6) is 0. The quantitative estimate of drug-likeness (QED) is 0.769. The number of nitrogens with one attached hydrogen (secondary N) is 2. The van der Waals surface area contributed by atoms with E-state index >= 15 is 0 Å². The Kier molecular flexibility index (Phi) is 3.02. The van der Waals surface area contributed by atoms with Crippen LogP contribution in [0.3, 0.4) is 0 Å². The second kappa shape index (κ2) is 4.82. The fourth-order valence-electron chi connectivity index (χ4n) is 1.98. The van der Waals surface area contributed by atoms with E-state index in [1.54, 1.807) is 0 Å². The lowest BCUT2D eigenvalue weighted by Gasteiger charge is -2.07. The third-order valence-corrected chi connectivity index (χ3v) is 3.31. The van der Waals surface area contributed by atoms with Crippen LogP contribution in [-0.2, 0) is 6.54 Å². The van der Waals surface area contributed by atoms with Crippen LogP contribution in [0.5, 0.6) is 0 Å². The van der Waals surface area contributed by atoms with Crippen molar-refractivity contribution in [2.24, 2.45) is 0 Å². The van der Waals surface area contributed by atoms with Gasteiger partial charge in [-0.1, -0.05) is 34.1 Å². The summed E-state index contributed by atoms with van der Waals surface area (Å²) in [6.07, 6.45) is 1.84. The van der Waals surface area contributed by atoms with E-state index in [9.17, 15) is 0 Å². The van der Waals surface area contributed by atoms with Crippen molar-refractivity contribution in [1.29, 1.82) is 0 Å². The Labute approximate surface area is 113 Å². The second-order valence-corrected chi connectivity index (χ2v) is 5.03. The molecule has 0 amide bonds. The number of hydrogen-bond acceptors (Lipinski definition) is 2. The molecule has 0 saturated carbocycles. The van der Waals surface area contributed by atoms with Gasteiger partial charge in [-0.05, 0) is 29.8 Å². The van der Waals surface area contributed by atoms with Crippen LogP contribution in [0.2, 0.25) is 0 Å². The fourth-order valence-corrected chi connectivity index (χ4v) is 2.51. The van der Waals surface area contributed by atoms with Crippen molar-refractivity contribution in [3.8, 4) is 0 Å². The summed E-state index contributed by atoms with van der Waals surface area (Å²) in [6, 6.07) is 14.3. The van der Waals surface area contributed by atoms with Crippen molar-refractivity contribution in [2.75, 3.05) is 5.32 Å². The first kappa shape index (κ1) is 11.3. The van der Waals surface area contributed by atoms with Crippen LogP contribution in [0.4, 0.5) is 5.69 Å². The second-order valence-electron chi connectivity index (χ2n) is 4.12. The first-order valence-corrected chi connectivity index (χ1v) is 6.52. The molecule has 0 atom stereocenters. The molecule has 1 aromatic heterocycles. The molecule has 0 fully saturated rings. The number of benzene rings is 2. The number of hydrogen-bond donors (Lipinski definition) is 2. The average Bonchev–Trinajstić information content (AvgIpc) is 2.85. The highest BCUT2D eigenvalue weighted by molar-refractivity contribution is 9.10. The van der Waals surface area contributed by atoms with Gasteiger partial charge in [0.15, 0.2) is 0 Å². The first-order valence-electron chi connectivity index (χ1n) is 5.73. The zero-order valence-electron chi connectivity index (χ0n) is 9.65. The van der Waals surface area contributed by atoms with Crippen LogP contribution in [0.1, 0.15) is 5.56 Å². The van der Waals surface area contributed by atoms with Gasteiger partial charge in [0, 0.05) is 22.1 Å². The lowest BCUT2D eigenvalue weighted by molar-refractivity contribution is 1.09. The highest BCUT2D eigenvalue weighted by atomic mass is 79.9. The molecule has 2 N–H and O–H groups in total. The van der Waals surface area contributed by atoms with Gasteiger partial charge < -0.3 is 5.32 Å². The molecule has 0 spiro atoms. The molecule has 3 rings (SSSR count). The third kappa shape index (κ3) is 2.24. The summed E-state index contributed by atoms with van der Waals surface area (Å²) in [5.41, 5.74) is 3.40. The van der Waals surface area contributed by atoms with Gasteiger partial charge in [-0.2, -0.15) is 5.10 Å². The predicted molar refractivity (Wildman–Crippen MR) is 77.6 cm³/mol. The molecule has 3 nitrogen and oxygen atoms in total. The molecular formula is C14H12BrN3. The van der Waals surface area contributed by atoms with Crippen molar-refractivity contribution >= 4 is 32.5 Å². The summed E-state index contributed by atoms with van der Waals surface area (Å²) in [7, 11) is 0. The van der Waals surface area contributed by atoms with Crippen molar-refractivity contribution in [3.63, 3.8) is 0 Å². The predicted octanol–water partition coefficient (Wildman–Crippen LogP) is 3.94. The number of fused-ring (bicyclic) bond motifs is 1. The van der Waals surface area contributed by atoms with Gasteiger partial charge in [0.1, 0.15) is 0 Å². The van der Waals surface area contributed by atoms with Crippen LogP contribution < -0.4 is 5.32 Å². The van der Waals surface area contributed by atoms with Gasteiger partial charge in [0.2, 0.25) is 0 Å². The molecule has 0 aliphatic carbocycles. The molecule has 0 radical (unpaired) electrons. The first-order chi connectivity index (χ1) is 8.83. The summed E-state index contributed by atoms with van der Waals surface area (Å²) in [5, 5.41) is 11.6. The number of halogens is 1. The summed E-state index contributed by atoms with van der Waals surface area (Å²) in [6.45, 7) is 0.766. The van der Waals surface area contributed by atoms with E-state index in [0.717, 1.165) is 27.6 Å². The maximum Gasteiger partial charge on any atom is 0.0700 e. The molecule has 0 aliphatic heterocycles. The Morgan fingerprint density at radius 3 is 2.83 bits per heavy atom. The van der Waals surface area contributed by atoms with E-state index in [4.69, 9.17) is 0 Å². The highest BCUT2D eigenvalue weighted by Gasteiger charge is 2.04. The van der Waals surface area contributed by atoms with Gasteiger partial charge in [-0.15, -0.1) is 0 Å². The number of anilines is 1. The van der Waals surface area contributed by atoms with Crippen LogP contribution >= 0.6 is 15.9 Å². The fraction of sp³-hybridized carbons (Fsp3) is 0.0714. The number of para-hydroxylation sites is 1. The highest BCUT2D eigenvalue weighted by Crippen LogP contribution is 2.23. The molecule has 4 heteroatoms. The van der Waals surface area contributed by atoms with Crippen LogP contribution in [0.15, 0.2) is 53.1 Å². The molecule has 2 aromatic carbocycles. The van der Waals surface area contributed by atoms with Crippen LogP contribution in [0, 0.1) is 0 Å². The zero-order chi connectivity index (χ0) is 12.4. The Hall–Kier alpha value is -1.81. The third-order valence-electron chi connectivity index (χ3n) is 2.85. The van der Waals surface area contributed by atoms with Crippen molar-refractivity contribution in [1.82, 2.24) is 10.2 Å². The Bertz CT molecular complexity index is 661. The van der Waals surface area contributed by atoms with E-state index in [2.05, 4.69) is 55.7 Å². The maximum atomic E-state index is 4.08. The zero-order valence-corrected chi connectivity index (χ0v) is 11.2. The van der Waals surface area contributed by atoms with Crippen LogP contribution in [-0.4, -0.2) is 10.2 Å². The monoisotopic (exact) mass is 301 g/mol. The topological polar surface area (TPSA) is 40.7 Å². The molecule has 3 aromatic rings. The summed E-state index contributed by atoms with van der Waals surface area (Å²) >= 11 is 3.52. The van der Waals surface area contributed by atoms with Crippen LogP contribution in [0.25, 0.3) is 10.9 Å². The molecule has 18 heavy (non-hydrogen) atoms. The van der Waals surface area contributed by atoms with E-state index in [1.807, 2.05) is 24.4 Å².